The van der Waals surface area contributed by atoms with Crippen molar-refractivity contribution >= 4 is 16.7 Å². The number of aromatic nitrogens is 1. The van der Waals surface area contributed by atoms with Crippen molar-refractivity contribution in [2.24, 2.45) is 0 Å². The second-order valence-corrected chi connectivity index (χ2v) is 4.34. The first-order valence-electron chi connectivity index (χ1n) is 6.40. The van der Waals surface area contributed by atoms with Crippen LogP contribution < -0.4 is 5.32 Å². The maximum absolute atomic E-state index is 9.19. The van der Waals surface area contributed by atoms with E-state index in [4.69, 9.17) is 4.74 Å². The topological polar surface area (TPSA) is 57.9 Å². The molecule has 0 radical (unpaired) electrons. The summed E-state index contributed by atoms with van der Waals surface area (Å²) < 4.78 is 5.45. The molecule has 1 unspecified atom stereocenters. The first-order valence-corrected chi connectivity index (χ1v) is 6.40. The smallest absolute Gasteiger partial charge is 0.144 e. The van der Waals surface area contributed by atoms with Gasteiger partial charge in [0.1, 0.15) is 11.9 Å². The van der Waals surface area contributed by atoms with Crippen LogP contribution in [0.2, 0.25) is 0 Å². The Kier molecular flexibility index (Phi) is 4.32. The summed E-state index contributed by atoms with van der Waals surface area (Å²) in [5, 5.41) is 13.3. The van der Waals surface area contributed by atoms with Gasteiger partial charge in [0.2, 0.25) is 0 Å². The number of hydrogen-bond acceptors (Lipinski definition) is 4. The van der Waals surface area contributed by atoms with E-state index in [0.717, 1.165) is 10.9 Å². The molecule has 0 saturated heterocycles. The van der Waals surface area contributed by atoms with E-state index in [1.54, 1.807) is 0 Å². The normalized spacial score (nSPS) is 12.1. The number of benzene rings is 1. The molecular formula is C15H17N3O. The van der Waals surface area contributed by atoms with Crippen LogP contribution in [0, 0.1) is 11.3 Å². The van der Waals surface area contributed by atoms with Crippen LogP contribution in [-0.2, 0) is 4.74 Å². The predicted molar refractivity (Wildman–Crippen MR) is 76.0 cm³/mol. The van der Waals surface area contributed by atoms with Gasteiger partial charge in [-0.15, -0.1) is 0 Å². The highest BCUT2D eigenvalue weighted by molar-refractivity contribution is 5.82. The Morgan fingerprint density at radius 1 is 1.42 bits per heavy atom. The van der Waals surface area contributed by atoms with Gasteiger partial charge in [-0.25, -0.2) is 4.98 Å². The van der Waals surface area contributed by atoms with Crippen molar-refractivity contribution in [1.29, 1.82) is 5.26 Å². The molecule has 2 rings (SSSR count). The van der Waals surface area contributed by atoms with Gasteiger partial charge >= 0.3 is 0 Å². The maximum Gasteiger partial charge on any atom is 0.144 e. The lowest BCUT2D eigenvalue weighted by Gasteiger charge is -2.14. The Bertz CT molecular complexity index is 604. The van der Waals surface area contributed by atoms with Gasteiger partial charge < -0.3 is 10.1 Å². The number of fused-ring (bicyclic) bond motifs is 1. The number of nitrogens with zero attached hydrogens (tertiary/aromatic N) is 2. The zero-order valence-electron chi connectivity index (χ0n) is 11.2. The monoisotopic (exact) mass is 255 g/mol. The van der Waals surface area contributed by atoms with Gasteiger partial charge in [-0.05, 0) is 26.0 Å². The number of rotatable bonds is 5. The lowest BCUT2D eigenvalue weighted by atomic mass is 10.1. The molecule has 1 atom stereocenters. The van der Waals surface area contributed by atoms with Crippen LogP contribution >= 0.6 is 0 Å². The van der Waals surface area contributed by atoms with E-state index in [1.165, 1.54) is 0 Å². The molecule has 0 amide bonds. The quantitative estimate of drug-likeness (QED) is 0.892. The summed E-state index contributed by atoms with van der Waals surface area (Å²) in [5.74, 6) is 0.618. The largest absolute Gasteiger partial charge is 0.377 e. The maximum atomic E-state index is 9.19. The van der Waals surface area contributed by atoms with Gasteiger partial charge in [0, 0.05) is 18.5 Å². The van der Waals surface area contributed by atoms with Crippen molar-refractivity contribution < 1.29 is 4.74 Å². The fourth-order valence-electron chi connectivity index (χ4n) is 1.92. The number of hydrogen-bond donors (Lipinski definition) is 1. The van der Waals surface area contributed by atoms with Gasteiger partial charge in [0.15, 0.2) is 0 Å². The average Bonchev–Trinajstić information content (AvgIpc) is 2.44. The van der Waals surface area contributed by atoms with Crippen LogP contribution in [0.5, 0.6) is 0 Å². The van der Waals surface area contributed by atoms with Crippen molar-refractivity contribution in [3.63, 3.8) is 0 Å². The highest BCUT2D eigenvalue weighted by atomic mass is 16.5. The van der Waals surface area contributed by atoms with Crippen molar-refractivity contribution in [3.8, 4) is 6.07 Å². The molecule has 4 nitrogen and oxygen atoms in total. The molecule has 1 heterocycles. The fourth-order valence-corrected chi connectivity index (χ4v) is 1.92. The van der Waals surface area contributed by atoms with E-state index < -0.39 is 0 Å². The van der Waals surface area contributed by atoms with E-state index in [0.29, 0.717) is 24.5 Å². The third-order valence-electron chi connectivity index (χ3n) is 2.85. The Morgan fingerprint density at radius 3 is 2.95 bits per heavy atom. The average molecular weight is 255 g/mol. The van der Waals surface area contributed by atoms with Gasteiger partial charge in [0.25, 0.3) is 0 Å². The number of pyridine rings is 1. The first kappa shape index (κ1) is 13.3. The fraction of sp³-hybridized carbons (Fsp3) is 0.333. The lowest BCUT2D eigenvalue weighted by Crippen LogP contribution is -2.20. The van der Waals surface area contributed by atoms with Gasteiger partial charge in [-0.3, -0.25) is 0 Å². The lowest BCUT2D eigenvalue weighted by molar-refractivity contribution is 0.0855. The molecular weight excluding hydrogens is 238 g/mol. The second kappa shape index (κ2) is 6.17. The highest BCUT2D eigenvalue weighted by Crippen LogP contribution is 2.19. The molecule has 2 aromatic rings. The zero-order valence-corrected chi connectivity index (χ0v) is 11.2. The summed E-state index contributed by atoms with van der Waals surface area (Å²) in [4.78, 5) is 4.49. The Balaban J connectivity index is 2.24. The summed E-state index contributed by atoms with van der Waals surface area (Å²) in [6, 6.07) is 11.8. The van der Waals surface area contributed by atoms with Crippen LogP contribution in [0.4, 0.5) is 5.82 Å². The molecule has 0 saturated carbocycles. The van der Waals surface area contributed by atoms with Crippen molar-refractivity contribution in [2.45, 2.75) is 20.0 Å². The Labute approximate surface area is 113 Å². The Hall–Kier alpha value is -2.12. The third-order valence-corrected chi connectivity index (χ3v) is 2.85. The summed E-state index contributed by atoms with van der Waals surface area (Å²) in [5.41, 5.74) is 1.44. The first-order chi connectivity index (χ1) is 9.24. The molecule has 19 heavy (non-hydrogen) atoms. The molecule has 0 spiro atoms. The summed E-state index contributed by atoms with van der Waals surface area (Å²) >= 11 is 0. The molecule has 0 aliphatic rings. The van der Waals surface area contributed by atoms with Gasteiger partial charge in [-0.1, -0.05) is 18.2 Å². The van der Waals surface area contributed by atoms with Crippen LogP contribution in [0.25, 0.3) is 10.9 Å². The predicted octanol–water partition coefficient (Wildman–Crippen LogP) is 2.94. The molecule has 1 aromatic heterocycles. The molecule has 1 N–H and O–H groups in total. The highest BCUT2D eigenvalue weighted by Gasteiger charge is 2.08. The van der Waals surface area contributed by atoms with E-state index in [-0.39, 0.29) is 6.10 Å². The van der Waals surface area contributed by atoms with Crippen molar-refractivity contribution in [1.82, 2.24) is 4.98 Å². The molecule has 1 aromatic carbocycles. The van der Waals surface area contributed by atoms with E-state index in [9.17, 15) is 5.26 Å². The minimum atomic E-state index is 0.0878. The molecule has 0 aliphatic heterocycles. The number of ether oxygens (including phenoxy) is 1. The molecule has 98 valence electrons. The number of para-hydroxylation sites is 1. The minimum Gasteiger partial charge on any atom is -0.377 e. The number of anilines is 1. The van der Waals surface area contributed by atoms with Crippen LogP contribution in [0.3, 0.4) is 0 Å². The molecule has 0 bridgehead atoms. The van der Waals surface area contributed by atoms with Crippen LogP contribution in [0.15, 0.2) is 30.3 Å². The number of nitrogens with one attached hydrogen (secondary N) is 1. The minimum absolute atomic E-state index is 0.0878. The third kappa shape index (κ3) is 3.21. The number of nitriles is 1. The second-order valence-electron chi connectivity index (χ2n) is 4.34. The zero-order chi connectivity index (χ0) is 13.7. The van der Waals surface area contributed by atoms with Crippen LogP contribution in [0.1, 0.15) is 19.4 Å². The van der Waals surface area contributed by atoms with Crippen molar-refractivity contribution in [3.05, 3.63) is 35.9 Å². The van der Waals surface area contributed by atoms with Gasteiger partial charge in [-0.2, -0.15) is 5.26 Å². The van der Waals surface area contributed by atoms with E-state index in [2.05, 4.69) is 16.4 Å². The van der Waals surface area contributed by atoms with E-state index >= 15 is 0 Å². The van der Waals surface area contributed by atoms with E-state index in [1.807, 2.05) is 44.2 Å². The molecule has 0 aliphatic carbocycles. The SMILES string of the molecule is CCOC(C)CNc1nc2ccccc2cc1C#N. The summed E-state index contributed by atoms with van der Waals surface area (Å²) in [7, 11) is 0. The molecule has 4 heteroatoms. The van der Waals surface area contributed by atoms with Crippen LogP contribution in [-0.4, -0.2) is 24.2 Å². The van der Waals surface area contributed by atoms with Gasteiger partial charge in [0.05, 0.1) is 17.2 Å². The van der Waals surface area contributed by atoms with Crippen molar-refractivity contribution in [2.75, 3.05) is 18.5 Å². The summed E-state index contributed by atoms with van der Waals surface area (Å²) in [6.07, 6.45) is 0.0878. The standard InChI is InChI=1S/C15H17N3O/c1-3-19-11(2)10-17-15-13(9-16)8-12-6-4-5-7-14(12)18-15/h4-8,11H,3,10H2,1-2H3,(H,17,18). The Morgan fingerprint density at radius 2 is 2.21 bits per heavy atom. The summed E-state index contributed by atoms with van der Waals surface area (Å²) in [6.45, 7) is 5.27. The molecule has 0 fully saturated rings.